The van der Waals surface area contributed by atoms with Crippen LogP contribution in [0.25, 0.3) is 0 Å². The smallest absolute Gasteiger partial charge is 0.320 e. The monoisotopic (exact) mass is 916 g/mol. The number of nitrogens with zero attached hydrogens (tertiary/aromatic N) is 2. The van der Waals surface area contributed by atoms with Crippen molar-refractivity contribution in [2.24, 2.45) is 0 Å². The molecule has 380 valence electrons. The van der Waals surface area contributed by atoms with Crippen LogP contribution >= 0.6 is 0 Å². The molecule has 1 saturated heterocycles. The van der Waals surface area contributed by atoms with Crippen LogP contribution in [0.4, 0.5) is 0 Å². The van der Waals surface area contributed by atoms with Crippen molar-refractivity contribution in [3.05, 3.63) is 24.3 Å². The number of ether oxygens (including phenoxy) is 2. The number of nitrogens with one attached hydrogen (secondary N) is 1. The summed E-state index contributed by atoms with van der Waals surface area (Å²) < 4.78 is 11.1. The van der Waals surface area contributed by atoms with Crippen molar-refractivity contribution in [2.45, 2.75) is 277 Å². The van der Waals surface area contributed by atoms with E-state index < -0.39 is 23.8 Å². The van der Waals surface area contributed by atoms with Gasteiger partial charge in [-0.1, -0.05) is 154 Å². The highest BCUT2D eigenvalue weighted by Gasteiger charge is 2.30. The number of carbonyl (C=O) groups is 3. The molecule has 2 atom stereocenters. The summed E-state index contributed by atoms with van der Waals surface area (Å²) in [5.74, 6) is -0.474. The Morgan fingerprint density at radius 2 is 1.06 bits per heavy atom. The third kappa shape index (κ3) is 38.4. The number of aliphatic hydroxyl groups is 1. The van der Waals surface area contributed by atoms with Gasteiger partial charge >= 0.3 is 11.9 Å². The van der Waals surface area contributed by atoms with Crippen molar-refractivity contribution in [3.63, 3.8) is 0 Å². The molecule has 1 amide bonds. The molecule has 1 heterocycles. The SMILES string of the molecule is CCCCCCCC/C=C\CCCCCCCC(=O)OCCCCCC(C(O)NCC(=O)OC(C)(C)C)N(CCN1CCCCC1)C(=O)CCCCCCC/C=C\CCCCCCCC. The Balaban J connectivity index is 2.57. The van der Waals surface area contributed by atoms with Crippen LogP contribution in [0.3, 0.4) is 0 Å². The molecule has 9 heteroatoms. The summed E-state index contributed by atoms with van der Waals surface area (Å²) in [7, 11) is 0. The molecule has 1 aliphatic heterocycles. The lowest BCUT2D eigenvalue weighted by Crippen LogP contribution is -2.55. The quantitative estimate of drug-likeness (QED) is 0.0269. The molecule has 0 bridgehead atoms. The van der Waals surface area contributed by atoms with Crippen LogP contribution in [0.15, 0.2) is 24.3 Å². The molecular formula is C56H105N3O6. The summed E-state index contributed by atoms with van der Waals surface area (Å²) in [5, 5.41) is 14.6. The second kappa shape index (κ2) is 43.1. The van der Waals surface area contributed by atoms with Crippen molar-refractivity contribution in [1.29, 1.82) is 0 Å². The minimum Gasteiger partial charge on any atom is -0.466 e. The minimum atomic E-state index is -1.08. The van der Waals surface area contributed by atoms with E-state index >= 15 is 0 Å². The first-order chi connectivity index (χ1) is 31.6. The number of amides is 1. The van der Waals surface area contributed by atoms with Crippen molar-refractivity contribution in [3.8, 4) is 0 Å². The lowest BCUT2D eigenvalue weighted by Gasteiger charge is -2.37. The van der Waals surface area contributed by atoms with E-state index in [0.717, 1.165) is 90.3 Å². The predicted octanol–water partition coefficient (Wildman–Crippen LogP) is 14.1. The zero-order chi connectivity index (χ0) is 47.5. The van der Waals surface area contributed by atoms with Gasteiger partial charge in [0.15, 0.2) is 0 Å². The Hall–Kier alpha value is -2.23. The van der Waals surface area contributed by atoms with Gasteiger partial charge in [0.1, 0.15) is 11.8 Å². The normalized spacial score (nSPS) is 14.6. The first-order valence-electron chi connectivity index (χ1n) is 27.7. The molecule has 0 aromatic rings. The molecule has 2 N–H and O–H groups in total. The number of carbonyl (C=O) groups excluding carboxylic acids is 3. The third-order valence-corrected chi connectivity index (χ3v) is 12.8. The van der Waals surface area contributed by atoms with E-state index in [1.54, 1.807) is 0 Å². The molecular weight excluding hydrogens is 811 g/mol. The largest absolute Gasteiger partial charge is 0.466 e. The van der Waals surface area contributed by atoms with Crippen molar-refractivity contribution in [1.82, 2.24) is 15.1 Å². The summed E-state index contributed by atoms with van der Waals surface area (Å²) in [6.07, 6.45) is 47.5. The summed E-state index contributed by atoms with van der Waals surface area (Å²) in [4.78, 5) is 43.6. The summed E-state index contributed by atoms with van der Waals surface area (Å²) in [6, 6.07) is -0.485. The van der Waals surface area contributed by atoms with E-state index in [1.165, 1.54) is 135 Å². The Kier molecular flexibility index (Phi) is 40.3. The summed E-state index contributed by atoms with van der Waals surface area (Å²) in [5.41, 5.74) is -0.628. The molecule has 1 rings (SSSR count). The second-order valence-corrected chi connectivity index (χ2v) is 20.2. The minimum absolute atomic E-state index is 0.0762. The standard InChI is InChI=1S/C56H105N3O6/c1-6-8-10-12-14-16-18-20-22-24-26-28-30-32-37-43-52(60)59(48-47-58-45-39-35-40-46-58)51(55(63)57-50-54(62)65-56(3,4)5)42-36-34-41-49-64-53(61)44-38-33-31-29-27-25-23-21-19-17-15-13-11-9-7-2/h20-23,51,55,57,63H,6-19,24-50H2,1-5H3/b22-20-,23-21-. The first kappa shape index (κ1) is 60.8. The van der Waals surface area contributed by atoms with Gasteiger partial charge in [-0.05, 0) is 130 Å². The van der Waals surface area contributed by atoms with Crippen molar-refractivity contribution in [2.75, 3.05) is 39.3 Å². The number of esters is 2. The fourth-order valence-corrected chi connectivity index (χ4v) is 8.81. The van der Waals surface area contributed by atoms with E-state index in [1.807, 2.05) is 25.7 Å². The van der Waals surface area contributed by atoms with Crippen molar-refractivity contribution < 1.29 is 29.0 Å². The van der Waals surface area contributed by atoms with Crippen LogP contribution < -0.4 is 5.32 Å². The van der Waals surface area contributed by atoms with E-state index in [9.17, 15) is 19.5 Å². The molecule has 2 unspecified atom stereocenters. The Morgan fingerprint density at radius 1 is 0.600 bits per heavy atom. The zero-order valence-corrected chi connectivity index (χ0v) is 43.3. The Bertz CT molecular complexity index is 1180. The third-order valence-electron chi connectivity index (χ3n) is 12.8. The summed E-state index contributed by atoms with van der Waals surface area (Å²) in [6.45, 7) is 13.7. The Morgan fingerprint density at radius 3 is 1.57 bits per heavy atom. The topological polar surface area (TPSA) is 108 Å². The van der Waals surface area contributed by atoms with Crippen LogP contribution in [0.2, 0.25) is 0 Å². The Labute approximate surface area is 401 Å². The van der Waals surface area contributed by atoms with Gasteiger partial charge in [0, 0.05) is 25.9 Å². The highest BCUT2D eigenvalue weighted by Crippen LogP contribution is 2.19. The number of aliphatic hydroxyl groups excluding tert-OH is 1. The fourth-order valence-electron chi connectivity index (χ4n) is 8.81. The van der Waals surface area contributed by atoms with Gasteiger partial charge in [-0.15, -0.1) is 0 Å². The van der Waals surface area contributed by atoms with Crippen LogP contribution in [-0.4, -0.2) is 90.0 Å². The number of unbranched alkanes of at least 4 members (excludes halogenated alkanes) is 24. The van der Waals surface area contributed by atoms with E-state index in [4.69, 9.17) is 9.47 Å². The number of hydrogen-bond donors (Lipinski definition) is 2. The van der Waals surface area contributed by atoms with Gasteiger partial charge in [-0.25, -0.2) is 0 Å². The van der Waals surface area contributed by atoms with E-state index in [2.05, 4.69) is 48.4 Å². The number of hydrogen-bond acceptors (Lipinski definition) is 8. The second-order valence-electron chi connectivity index (χ2n) is 20.2. The molecule has 0 radical (unpaired) electrons. The number of piperidine rings is 1. The molecule has 0 aromatic carbocycles. The highest BCUT2D eigenvalue weighted by atomic mass is 16.6. The van der Waals surface area contributed by atoms with Crippen LogP contribution in [0, 0.1) is 0 Å². The zero-order valence-electron chi connectivity index (χ0n) is 43.3. The van der Waals surface area contributed by atoms with Gasteiger partial charge < -0.3 is 24.4 Å². The fraction of sp³-hybridized carbons (Fsp3) is 0.875. The van der Waals surface area contributed by atoms with Crippen LogP contribution in [0.1, 0.15) is 259 Å². The average molecular weight is 916 g/mol. The molecule has 9 nitrogen and oxygen atoms in total. The number of allylic oxidation sites excluding steroid dienone is 4. The summed E-state index contributed by atoms with van der Waals surface area (Å²) >= 11 is 0. The maximum Gasteiger partial charge on any atom is 0.320 e. The lowest BCUT2D eigenvalue weighted by atomic mass is 10.0. The number of likely N-dealkylation sites (tertiary alicyclic amines) is 1. The molecule has 1 aliphatic rings. The van der Waals surface area contributed by atoms with Gasteiger partial charge in [0.05, 0.1) is 19.2 Å². The van der Waals surface area contributed by atoms with Gasteiger partial charge in [-0.3, -0.25) is 19.7 Å². The molecule has 0 aromatic heterocycles. The molecule has 1 fully saturated rings. The van der Waals surface area contributed by atoms with Gasteiger partial charge in [-0.2, -0.15) is 0 Å². The van der Waals surface area contributed by atoms with Crippen LogP contribution in [0.5, 0.6) is 0 Å². The predicted molar refractivity (Wildman–Crippen MR) is 274 cm³/mol. The highest BCUT2D eigenvalue weighted by molar-refractivity contribution is 5.76. The average Bonchev–Trinajstić information content (AvgIpc) is 3.28. The maximum atomic E-state index is 14.1. The lowest BCUT2D eigenvalue weighted by molar-refractivity contribution is -0.154. The van der Waals surface area contributed by atoms with Crippen molar-refractivity contribution >= 4 is 17.8 Å². The van der Waals surface area contributed by atoms with Gasteiger partial charge in [0.2, 0.25) is 5.91 Å². The molecule has 0 spiro atoms. The van der Waals surface area contributed by atoms with E-state index in [-0.39, 0.29) is 18.4 Å². The molecule has 0 aliphatic carbocycles. The number of rotatable bonds is 44. The van der Waals surface area contributed by atoms with Crippen LogP contribution in [-0.2, 0) is 23.9 Å². The molecule has 65 heavy (non-hydrogen) atoms. The maximum absolute atomic E-state index is 14.1. The van der Waals surface area contributed by atoms with E-state index in [0.29, 0.717) is 32.4 Å². The molecule has 0 saturated carbocycles. The first-order valence-corrected chi connectivity index (χ1v) is 27.7. The van der Waals surface area contributed by atoms with Gasteiger partial charge in [0.25, 0.3) is 0 Å².